The van der Waals surface area contributed by atoms with E-state index in [1.54, 1.807) is 24.3 Å². The van der Waals surface area contributed by atoms with Gasteiger partial charge in [-0.1, -0.05) is 18.2 Å². The summed E-state index contributed by atoms with van der Waals surface area (Å²) in [6.07, 6.45) is 0. The summed E-state index contributed by atoms with van der Waals surface area (Å²) < 4.78 is 5.51. The fraction of sp³-hybridized carbons (Fsp3) is 0. The zero-order valence-corrected chi connectivity index (χ0v) is 12.2. The Bertz CT molecular complexity index is 900. The summed E-state index contributed by atoms with van der Waals surface area (Å²) in [5, 5.41) is 11.5. The van der Waals surface area contributed by atoms with Crippen molar-refractivity contribution in [3.05, 3.63) is 73.5 Å². The van der Waals surface area contributed by atoms with Gasteiger partial charge in [-0.3, -0.25) is 10.1 Å². The number of non-ortho nitro benzene ring substituents is 1. The highest BCUT2D eigenvalue weighted by Crippen LogP contribution is 2.33. The topological polar surface area (TPSA) is 73.3 Å². The van der Waals surface area contributed by atoms with Crippen LogP contribution >= 0.6 is 15.9 Å². The van der Waals surface area contributed by atoms with Crippen molar-refractivity contribution in [1.82, 2.24) is 0 Å². The van der Waals surface area contributed by atoms with E-state index < -0.39 is 10.5 Å². The molecule has 1 heterocycles. The molecule has 0 aliphatic carbocycles. The van der Waals surface area contributed by atoms with Crippen LogP contribution in [0.5, 0.6) is 0 Å². The van der Waals surface area contributed by atoms with Crippen LogP contribution in [0.25, 0.3) is 22.1 Å². The number of nitro benzene ring substituents is 1. The van der Waals surface area contributed by atoms with Crippen LogP contribution in [-0.2, 0) is 0 Å². The molecule has 0 bridgehead atoms. The van der Waals surface area contributed by atoms with E-state index >= 15 is 0 Å². The maximum absolute atomic E-state index is 11.9. The number of nitrogens with zero attached hydrogens (tertiary/aromatic N) is 1. The molecular formula is C15H8BrNO4. The summed E-state index contributed by atoms with van der Waals surface area (Å²) in [5.74, 6) is 0. The second-order valence-corrected chi connectivity index (χ2v) is 5.17. The number of benzene rings is 2. The van der Waals surface area contributed by atoms with Crippen molar-refractivity contribution in [3.8, 4) is 11.1 Å². The number of halogens is 1. The van der Waals surface area contributed by atoms with E-state index in [-0.39, 0.29) is 5.69 Å². The summed E-state index contributed by atoms with van der Waals surface area (Å²) in [5.41, 5.74) is 1.36. The minimum absolute atomic E-state index is 0.00198. The number of fused-ring (bicyclic) bond motifs is 1. The van der Waals surface area contributed by atoms with Crippen molar-refractivity contribution in [2.24, 2.45) is 0 Å². The molecule has 104 valence electrons. The Labute approximate surface area is 127 Å². The maximum Gasteiger partial charge on any atom is 0.351 e. The predicted octanol–water partition coefficient (Wildman–Crippen LogP) is 4.13. The molecule has 0 N–H and O–H groups in total. The molecule has 0 spiro atoms. The van der Waals surface area contributed by atoms with Gasteiger partial charge in [0, 0.05) is 23.1 Å². The molecule has 21 heavy (non-hydrogen) atoms. The first-order valence-corrected chi connectivity index (χ1v) is 6.83. The third-order valence-corrected chi connectivity index (χ3v) is 3.84. The van der Waals surface area contributed by atoms with Crippen LogP contribution in [0.4, 0.5) is 5.69 Å². The average molecular weight is 346 g/mol. The van der Waals surface area contributed by atoms with Crippen LogP contribution in [-0.4, -0.2) is 4.92 Å². The quantitative estimate of drug-likeness (QED) is 0.397. The van der Waals surface area contributed by atoms with Crippen LogP contribution in [0, 0.1) is 10.1 Å². The van der Waals surface area contributed by atoms with E-state index in [1.165, 1.54) is 12.1 Å². The fourth-order valence-corrected chi connectivity index (χ4v) is 2.68. The van der Waals surface area contributed by atoms with Gasteiger partial charge in [-0.25, -0.2) is 4.79 Å². The van der Waals surface area contributed by atoms with Gasteiger partial charge in [0.25, 0.3) is 5.69 Å². The van der Waals surface area contributed by atoms with Crippen LogP contribution in [0.3, 0.4) is 0 Å². The SMILES string of the molecule is O=c1oc2ccccc2c(-c2ccc([N+](=O)[O-])cc2)c1Br. The number of para-hydroxylation sites is 1. The van der Waals surface area contributed by atoms with Gasteiger partial charge in [-0.05, 0) is 39.7 Å². The smallest absolute Gasteiger partial charge is 0.351 e. The number of nitro groups is 1. The van der Waals surface area contributed by atoms with Crippen molar-refractivity contribution in [2.75, 3.05) is 0 Å². The number of hydrogen-bond acceptors (Lipinski definition) is 4. The Morgan fingerprint density at radius 1 is 1.05 bits per heavy atom. The molecule has 0 radical (unpaired) electrons. The lowest BCUT2D eigenvalue weighted by Gasteiger charge is -2.07. The Hall–Kier alpha value is -2.47. The molecule has 0 aliphatic heterocycles. The number of rotatable bonds is 2. The first kappa shape index (κ1) is 13.5. The van der Waals surface area contributed by atoms with E-state index in [4.69, 9.17) is 4.42 Å². The van der Waals surface area contributed by atoms with E-state index in [0.717, 1.165) is 5.39 Å². The van der Waals surface area contributed by atoms with Crippen LogP contribution < -0.4 is 5.63 Å². The molecule has 0 aliphatic rings. The van der Waals surface area contributed by atoms with Gasteiger partial charge in [0.2, 0.25) is 0 Å². The minimum Gasteiger partial charge on any atom is -0.422 e. The first-order valence-electron chi connectivity index (χ1n) is 6.04. The monoisotopic (exact) mass is 345 g/mol. The van der Waals surface area contributed by atoms with Crippen LogP contribution in [0.1, 0.15) is 0 Å². The second-order valence-electron chi connectivity index (χ2n) is 4.38. The maximum atomic E-state index is 11.9. The molecule has 3 rings (SSSR count). The van der Waals surface area contributed by atoms with Crippen LogP contribution in [0.2, 0.25) is 0 Å². The average Bonchev–Trinajstić information content (AvgIpc) is 2.49. The summed E-state index contributed by atoms with van der Waals surface area (Å²) >= 11 is 3.25. The van der Waals surface area contributed by atoms with Gasteiger partial charge in [-0.15, -0.1) is 0 Å². The summed E-state index contributed by atoms with van der Waals surface area (Å²) in [6.45, 7) is 0. The lowest BCUT2D eigenvalue weighted by atomic mass is 10.0. The molecule has 0 amide bonds. The molecule has 0 fully saturated rings. The van der Waals surface area contributed by atoms with E-state index in [2.05, 4.69) is 15.9 Å². The zero-order chi connectivity index (χ0) is 15.0. The molecule has 2 aromatic carbocycles. The molecule has 5 nitrogen and oxygen atoms in total. The van der Waals surface area contributed by atoms with E-state index in [9.17, 15) is 14.9 Å². The second kappa shape index (κ2) is 5.14. The Morgan fingerprint density at radius 2 is 1.71 bits per heavy atom. The van der Waals surface area contributed by atoms with Gasteiger partial charge in [0.15, 0.2) is 0 Å². The molecule has 0 unspecified atom stereocenters. The highest BCUT2D eigenvalue weighted by atomic mass is 79.9. The first-order chi connectivity index (χ1) is 10.1. The molecule has 3 aromatic rings. The molecule has 6 heteroatoms. The van der Waals surface area contributed by atoms with Crippen molar-refractivity contribution in [2.45, 2.75) is 0 Å². The van der Waals surface area contributed by atoms with Gasteiger partial charge in [-0.2, -0.15) is 0 Å². The molecule has 1 aromatic heterocycles. The normalized spacial score (nSPS) is 10.7. The fourth-order valence-electron chi connectivity index (χ4n) is 2.16. The van der Waals surface area contributed by atoms with Crippen LogP contribution in [0.15, 0.2) is 62.2 Å². The van der Waals surface area contributed by atoms with Gasteiger partial charge >= 0.3 is 5.63 Å². The Kier molecular flexibility index (Phi) is 3.31. The largest absolute Gasteiger partial charge is 0.422 e. The van der Waals surface area contributed by atoms with Crippen molar-refractivity contribution in [3.63, 3.8) is 0 Å². The molecular weight excluding hydrogens is 338 g/mol. The predicted molar refractivity (Wildman–Crippen MR) is 82.3 cm³/mol. The highest BCUT2D eigenvalue weighted by Gasteiger charge is 2.15. The summed E-state index contributed by atoms with van der Waals surface area (Å²) in [6, 6.07) is 13.2. The van der Waals surface area contributed by atoms with Crippen molar-refractivity contribution < 1.29 is 9.34 Å². The zero-order valence-electron chi connectivity index (χ0n) is 10.6. The van der Waals surface area contributed by atoms with Crippen molar-refractivity contribution in [1.29, 1.82) is 0 Å². The minimum atomic E-state index is -0.484. The lowest BCUT2D eigenvalue weighted by molar-refractivity contribution is -0.384. The Morgan fingerprint density at radius 3 is 2.38 bits per heavy atom. The third-order valence-electron chi connectivity index (χ3n) is 3.12. The van der Waals surface area contributed by atoms with Gasteiger partial charge in [0.05, 0.1) is 4.92 Å². The third kappa shape index (κ3) is 2.34. The van der Waals surface area contributed by atoms with E-state index in [1.807, 2.05) is 12.1 Å². The van der Waals surface area contributed by atoms with Gasteiger partial charge in [0.1, 0.15) is 10.1 Å². The standard InChI is InChI=1S/C15H8BrNO4/c16-14-13(9-5-7-10(8-6-9)17(19)20)11-3-1-2-4-12(11)21-15(14)18/h1-8H. The summed E-state index contributed by atoms with van der Waals surface area (Å²) in [4.78, 5) is 22.1. The highest BCUT2D eigenvalue weighted by molar-refractivity contribution is 9.10. The molecule has 0 saturated heterocycles. The molecule has 0 saturated carbocycles. The number of hydrogen-bond donors (Lipinski definition) is 0. The van der Waals surface area contributed by atoms with E-state index in [0.29, 0.717) is 21.2 Å². The summed E-state index contributed by atoms with van der Waals surface area (Å²) in [7, 11) is 0. The van der Waals surface area contributed by atoms with Gasteiger partial charge < -0.3 is 4.42 Å². The molecule has 0 atom stereocenters. The van der Waals surface area contributed by atoms with Crippen molar-refractivity contribution >= 4 is 32.6 Å². The lowest BCUT2D eigenvalue weighted by Crippen LogP contribution is -2.02. The Balaban J connectivity index is 2.31.